The smallest absolute Gasteiger partial charge is 0.303 e. The summed E-state index contributed by atoms with van der Waals surface area (Å²) in [5.41, 5.74) is 3.58. The van der Waals surface area contributed by atoms with Gasteiger partial charge in [-0.2, -0.15) is 0 Å². The maximum atomic E-state index is 12.4. The van der Waals surface area contributed by atoms with Crippen molar-refractivity contribution in [3.05, 3.63) is 53.6 Å². The number of nitrogens with one attached hydrogen (secondary N) is 2. The van der Waals surface area contributed by atoms with Crippen LogP contribution in [0.3, 0.4) is 0 Å². The Balaban J connectivity index is 1.91. The third-order valence-electron chi connectivity index (χ3n) is 4.06. The van der Waals surface area contributed by atoms with Crippen molar-refractivity contribution in [2.45, 2.75) is 38.0 Å². The molecule has 0 fully saturated rings. The maximum Gasteiger partial charge on any atom is 0.303 e. The van der Waals surface area contributed by atoms with Crippen molar-refractivity contribution >= 4 is 40.9 Å². The van der Waals surface area contributed by atoms with Gasteiger partial charge in [-0.05, 0) is 42.7 Å². The number of carboxylic acid groups (broad SMARTS) is 1. The predicted molar refractivity (Wildman–Crippen MR) is 112 cm³/mol. The zero-order valence-corrected chi connectivity index (χ0v) is 16.8. The first-order valence-electron chi connectivity index (χ1n) is 9.02. The molecule has 0 aliphatic heterocycles. The van der Waals surface area contributed by atoms with Gasteiger partial charge in [-0.15, -0.1) is 11.8 Å². The minimum atomic E-state index is -1.01. The molecule has 0 radical (unpaired) electrons. The average Bonchev–Trinajstić information content (AvgIpc) is 2.66. The van der Waals surface area contributed by atoms with E-state index in [0.717, 1.165) is 28.1 Å². The topological polar surface area (TPSA) is 95.5 Å². The Bertz CT molecular complexity index is 867. The summed E-state index contributed by atoms with van der Waals surface area (Å²) < 4.78 is 0. The molecule has 0 aliphatic rings. The average molecular weight is 401 g/mol. The Morgan fingerprint density at radius 2 is 1.75 bits per heavy atom. The van der Waals surface area contributed by atoms with Gasteiger partial charge >= 0.3 is 5.97 Å². The largest absolute Gasteiger partial charge is 0.481 e. The van der Waals surface area contributed by atoms with Gasteiger partial charge in [-0.3, -0.25) is 14.4 Å². The van der Waals surface area contributed by atoms with Crippen LogP contribution in [0.15, 0.2) is 47.4 Å². The van der Waals surface area contributed by atoms with Crippen molar-refractivity contribution in [1.29, 1.82) is 0 Å². The Hall–Kier alpha value is -2.80. The van der Waals surface area contributed by atoms with E-state index in [1.54, 1.807) is 18.2 Å². The zero-order chi connectivity index (χ0) is 20.5. The highest BCUT2D eigenvalue weighted by molar-refractivity contribution is 8.00. The lowest BCUT2D eigenvalue weighted by molar-refractivity contribution is -0.138. The fraction of sp³-hybridized carbons (Fsp3) is 0.286. The zero-order valence-electron chi connectivity index (χ0n) is 16.0. The number of hydrogen-bond donors (Lipinski definition) is 3. The first-order valence-corrected chi connectivity index (χ1v) is 10.0. The SMILES string of the molecule is CCc1cccc(C)c1NC(=O)CSc1cccc(NC(=O)CCC(=O)O)c1. The number of hydrogen-bond acceptors (Lipinski definition) is 4. The first kappa shape index (κ1) is 21.5. The Kier molecular flexibility index (Phi) is 8.07. The highest BCUT2D eigenvalue weighted by Gasteiger charge is 2.10. The van der Waals surface area contributed by atoms with Crippen molar-refractivity contribution in [3.63, 3.8) is 0 Å². The van der Waals surface area contributed by atoms with Gasteiger partial charge in [0, 0.05) is 22.7 Å². The van der Waals surface area contributed by atoms with E-state index < -0.39 is 5.97 Å². The molecule has 0 unspecified atom stereocenters. The molecule has 0 heterocycles. The molecule has 0 aliphatic carbocycles. The van der Waals surface area contributed by atoms with E-state index >= 15 is 0 Å². The van der Waals surface area contributed by atoms with Crippen molar-refractivity contribution in [3.8, 4) is 0 Å². The fourth-order valence-electron chi connectivity index (χ4n) is 2.63. The molecule has 3 N–H and O–H groups in total. The number of carbonyl (C=O) groups is 3. The van der Waals surface area contributed by atoms with Gasteiger partial charge in [0.1, 0.15) is 0 Å². The van der Waals surface area contributed by atoms with Gasteiger partial charge in [0.05, 0.1) is 12.2 Å². The first-order chi connectivity index (χ1) is 13.4. The summed E-state index contributed by atoms with van der Waals surface area (Å²) in [7, 11) is 0. The summed E-state index contributed by atoms with van der Waals surface area (Å²) in [6, 6.07) is 13.1. The molecule has 0 bridgehead atoms. The second kappa shape index (κ2) is 10.5. The molecule has 0 spiro atoms. The highest BCUT2D eigenvalue weighted by Crippen LogP contribution is 2.24. The minimum absolute atomic E-state index is 0.0781. The van der Waals surface area contributed by atoms with Gasteiger partial charge in [0.2, 0.25) is 11.8 Å². The summed E-state index contributed by atoms with van der Waals surface area (Å²) in [5, 5.41) is 14.3. The quantitative estimate of drug-likeness (QED) is 0.551. The molecule has 28 heavy (non-hydrogen) atoms. The molecule has 0 aromatic heterocycles. The van der Waals surface area contributed by atoms with Gasteiger partial charge in [-0.1, -0.05) is 31.2 Å². The van der Waals surface area contributed by atoms with Crippen LogP contribution in [0.25, 0.3) is 0 Å². The number of anilines is 2. The van der Waals surface area contributed by atoms with Crippen LogP contribution in [0.2, 0.25) is 0 Å². The molecule has 0 atom stereocenters. The van der Waals surface area contributed by atoms with Crippen LogP contribution in [-0.2, 0) is 20.8 Å². The van der Waals surface area contributed by atoms with Crippen molar-refractivity contribution in [2.24, 2.45) is 0 Å². The Morgan fingerprint density at radius 3 is 2.46 bits per heavy atom. The summed E-state index contributed by atoms with van der Waals surface area (Å²) in [6.07, 6.45) is 0.554. The maximum absolute atomic E-state index is 12.4. The second-order valence-electron chi connectivity index (χ2n) is 6.27. The van der Waals surface area contributed by atoms with Gasteiger partial charge in [-0.25, -0.2) is 0 Å². The number of thioether (sulfide) groups is 1. The number of benzene rings is 2. The number of aliphatic carboxylic acids is 1. The molecular formula is C21H24N2O4S. The second-order valence-corrected chi connectivity index (χ2v) is 7.32. The van der Waals surface area contributed by atoms with Crippen molar-refractivity contribution in [2.75, 3.05) is 16.4 Å². The monoisotopic (exact) mass is 400 g/mol. The molecule has 6 nitrogen and oxygen atoms in total. The number of para-hydroxylation sites is 1. The number of rotatable bonds is 9. The summed E-state index contributed by atoms with van der Waals surface area (Å²) in [5.74, 6) is -1.21. The molecule has 0 saturated heterocycles. The highest BCUT2D eigenvalue weighted by atomic mass is 32.2. The van der Waals surface area contributed by atoms with E-state index in [1.807, 2.05) is 31.2 Å². The third-order valence-corrected chi connectivity index (χ3v) is 5.05. The van der Waals surface area contributed by atoms with Crippen LogP contribution in [-0.4, -0.2) is 28.6 Å². The summed E-state index contributed by atoms with van der Waals surface area (Å²) >= 11 is 1.37. The molecule has 2 amide bonds. The minimum Gasteiger partial charge on any atom is -0.481 e. The lowest BCUT2D eigenvalue weighted by Gasteiger charge is -2.13. The third kappa shape index (κ3) is 6.74. The lowest BCUT2D eigenvalue weighted by Crippen LogP contribution is -2.16. The van der Waals surface area contributed by atoms with Crippen LogP contribution in [0.5, 0.6) is 0 Å². The molecule has 0 saturated carbocycles. The molecular weight excluding hydrogens is 376 g/mol. The molecule has 148 valence electrons. The van der Waals surface area contributed by atoms with Crippen LogP contribution in [0, 0.1) is 6.92 Å². The van der Waals surface area contributed by atoms with Gasteiger partial charge < -0.3 is 15.7 Å². The van der Waals surface area contributed by atoms with Gasteiger partial charge in [0.15, 0.2) is 0 Å². The molecule has 7 heteroatoms. The van der Waals surface area contributed by atoms with E-state index in [2.05, 4.69) is 17.6 Å². The molecule has 2 aromatic rings. The fourth-order valence-corrected chi connectivity index (χ4v) is 3.39. The van der Waals surface area contributed by atoms with Crippen LogP contribution >= 0.6 is 11.8 Å². The standard InChI is InChI=1S/C21H24N2O4S/c1-3-15-7-4-6-14(2)21(15)23-19(25)13-28-17-9-5-8-16(12-17)22-18(24)10-11-20(26)27/h4-9,12H,3,10-11,13H2,1-2H3,(H,22,24)(H,23,25)(H,26,27). The van der Waals surface area contributed by atoms with E-state index in [0.29, 0.717) is 5.69 Å². The Labute approximate surface area is 168 Å². The normalized spacial score (nSPS) is 10.4. The van der Waals surface area contributed by atoms with Crippen LogP contribution in [0.4, 0.5) is 11.4 Å². The van der Waals surface area contributed by atoms with Gasteiger partial charge in [0.25, 0.3) is 0 Å². The van der Waals surface area contributed by atoms with E-state index in [-0.39, 0.29) is 30.4 Å². The van der Waals surface area contributed by atoms with Crippen LogP contribution in [0.1, 0.15) is 30.9 Å². The number of amides is 2. The molecule has 2 aromatic carbocycles. The van der Waals surface area contributed by atoms with Crippen LogP contribution < -0.4 is 10.6 Å². The number of aryl methyl sites for hydroxylation is 2. The molecule has 2 rings (SSSR count). The van der Waals surface area contributed by atoms with E-state index in [9.17, 15) is 14.4 Å². The van der Waals surface area contributed by atoms with E-state index in [4.69, 9.17) is 5.11 Å². The van der Waals surface area contributed by atoms with E-state index in [1.165, 1.54) is 11.8 Å². The van der Waals surface area contributed by atoms with Crippen molar-refractivity contribution < 1.29 is 19.5 Å². The number of carboxylic acids is 1. The number of carbonyl (C=O) groups excluding carboxylic acids is 2. The summed E-state index contributed by atoms with van der Waals surface area (Å²) in [4.78, 5) is 35.5. The Morgan fingerprint density at radius 1 is 1.00 bits per heavy atom. The lowest BCUT2D eigenvalue weighted by atomic mass is 10.1. The predicted octanol–water partition coefficient (Wildman–Crippen LogP) is 4.09. The summed E-state index contributed by atoms with van der Waals surface area (Å²) in [6.45, 7) is 4.02. The van der Waals surface area contributed by atoms with Crippen molar-refractivity contribution in [1.82, 2.24) is 0 Å².